The van der Waals surface area contributed by atoms with E-state index in [1.807, 2.05) is 32.9 Å². The number of nitrogens with one attached hydrogen (secondary N) is 3. The molecule has 0 radical (unpaired) electrons. The summed E-state index contributed by atoms with van der Waals surface area (Å²) >= 11 is 0.885. The minimum absolute atomic E-state index is 0.0437. The third kappa shape index (κ3) is 6.57. The molecule has 0 aliphatic heterocycles. The van der Waals surface area contributed by atoms with Crippen LogP contribution in [0.3, 0.4) is 0 Å². The molecule has 2 rings (SSSR count). The van der Waals surface area contributed by atoms with Gasteiger partial charge in [-0.05, 0) is 30.9 Å². The molecule has 1 aromatic heterocycles. The number of amides is 2. The summed E-state index contributed by atoms with van der Waals surface area (Å²) in [6, 6.07) is 6.34. The van der Waals surface area contributed by atoms with Gasteiger partial charge in [-0.2, -0.15) is 0 Å². The molecule has 0 aliphatic carbocycles. The second-order valence-corrected chi connectivity index (χ2v) is 9.47. The lowest BCUT2D eigenvalue weighted by atomic mass is 10.0. The molecule has 3 N–H and O–H groups in total. The summed E-state index contributed by atoms with van der Waals surface area (Å²) in [5.41, 5.74) is 1.31. The lowest BCUT2D eigenvalue weighted by Crippen LogP contribution is -2.44. The summed E-state index contributed by atoms with van der Waals surface area (Å²) in [6.45, 7) is 5.71. The zero-order valence-electron chi connectivity index (χ0n) is 16.0. The number of rotatable bonds is 8. The Hall–Kier alpha value is -2.53. The van der Waals surface area contributed by atoms with Gasteiger partial charge in [-0.15, -0.1) is 10.2 Å². The standard InChI is InChI=1S/C17H23N5O4S2/c1-10(2)9-13(18-14(23)12-8-6-5-7-11(12)3)15(24)19-16-20-21-17(27-16)22-28(4,25)26/h5-8,10,13H,9H2,1-4H3,(H,18,23)(H,21,22)(H,19,20,24). The molecule has 9 nitrogen and oxygen atoms in total. The Bertz CT molecular complexity index is 956. The molecule has 1 heterocycles. The molecule has 2 aromatic rings. The maximum atomic E-state index is 12.7. The second-order valence-electron chi connectivity index (χ2n) is 6.75. The molecule has 1 atom stereocenters. The number of hydrogen-bond donors (Lipinski definition) is 3. The number of aryl methyl sites for hydroxylation is 1. The molecule has 11 heteroatoms. The van der Waals surface area contributed by atoms with E-state index in [1.54, 1.807) is 12.1 Å². The molecule has 1 aromatic carbocycles. The summed E-state index contributed by atoms with van der Waals surface area (Å²) in [7, 11) is -3.49. The van der Waals surface area contributed by atoms with Crippen molar-refractivity contribution in [1.29, 1.82) is 0 Å². The summed E-state index contributed by atoms with van der Waals surface area (Å²) in [4.78, 5) is 25.3. The van der Waals surface area contributed by atoms with Crippen molar-refractivity contribution in [3.63, 3.8) is 0 Å². The largest absolute Gasteiger partial charge is 0.340 e. The van der Waals surface area contributed by atoms with E-state index >= 15 is 0 Å². The lowest BCUT2D eigenvalue weighted by Gasteiger charge is -2.20. The molecule has 0 aliphatic rings. The zero-order chi connectivity index (χ0) is 20.9. The average Bonchev–Trinajstić information content (AvgIpc) is 2.98. The molecule has 0 bridgehead atoms. The third-order valence-corrected chi connectivity index (χ3v) is 5.09. The highest BCUT2D eigenvalue weighted by Crippen LogP contribution is 2.21. The van der Waals surface area contributed by atoms with Crippen LogP contribution in [0.4, 0.5) is 10.3 Å². The summed E-state index contributed by atoms with van der Waals surface area (Å²) in [6.07, 6.45) is 1.42. The van der Waals surface area contributed by atoms with Crippen molar-refractivity contribution >= 4 is 43.4 Å². The first-order valence-corrected chi connectivity index (χ1v) is 11.2. The molecule has 2 amide bonds. The Balaban J connectivity index is 2.11. The van der Waals surface area contributed by atoms with E-state index in [0.717, 1.165) is 23.2 Å². The van der Waals surface area contributed by atoms with Gasteiger partial charge in [0.15, 0.2) is 0 Å². The topological polar surface area (TPSA) is 130 Å². The van der Waals surface area contributed by atoms with Crippen molar-refractivity contribution in [3.8, 4) is 0 Å². The average molecular weight is 426 g/mol. The first kappa shape index (κ1) is 21.8. The van der Waals surface area contributed by atoms with Gasteiger partial charge in [0.05, 0.1) is 6.26 Å². The molecule has 28 heavy (non-hydrogen) atoms. The van der Waals surface area contributed by atoms with Crippen molar-refractivity contribution < 1.29 is 18.0 Å². The van der Waals surface area contributed by atoms with Crippen LogP contribution in [0.1, 0.15) is 36.2 Å². The van der Waals surface area contributed by atoms with Crippen molar-refractivity contribution in [2.45, 2.75) is 33.2 Å². The lowest BCUT2D eigenvalue weighted by molar-refractivity contribution is -0.118. The molecule has 0 saturated carbocycles. The Morgan fingerprint density at radius 1 is 1.14 bits per heavy atom. The smallest absolute Gasteiger partial charge is 0.252 e. The van der Waals surface area contributed by atoms with Crippen LogP contribution < -0.4 is 15.4 Å². The number of sulfonamides is 1. The normalized spacial score (nSPS) is 12.5. The van der Waals surface area contributed by atoms with Crippen molar-refractivity contribution in [3.05, 3.63) is 35.4 Å². The minimum Gasteiger partial charge on any atom is -0.340 e. The van der Waals surface area contributed by atoms with Gasteiger partial charge < -0.3 is 5.32 Å². The molecular formula is C17H23N5O4S2. The van der Waals surface area contributed by atoms with Gasteiger partial charge in [0, 0.05) is 5.56 Å². The number of nitrogens with zero attached hydrogens (tertiary/aromatic N) is 2. The Morgan fingerprint density at radius 2 is 1.79 bits per heavy atom. The zero-order valence-corrected chi connectivity index (χ0v) is 17.6. The van der Waals surface area contributed by atoms with Crippen LogP contribution in [0, 0.1) is 12.8 Å². The fourth-order valence-electron chi connectivity index (χ4n) is 2.43. The highest BCUT2D eigenvalue weighted by Gasteiger charge is 2.24. The van der Waals surface area contributed by atoms with E-state index < -0.39 is 22.0 Å². The van der Waals surface area contributed by atoms with Crippen LogP contribution in [0.15, 0.2) is 24.3 Å². The van der Waals surface area contributed by atoms with Gasteiger partial charge in [-0.1, -0.05) is 43.4 Å². The first-order chi connectivity index (χ1) is 13.0. The van der Waals surface area contributed by atoms with Crippen LogP contribution in [0.5, 0.6) is 0 Å². The second kappa shape index (κ2) is 9.11. The minimum atomic E-state index is -3.49. The first-order valence-electron chi connectivity index (χ1n) is 8.54. The highest BCUT2D eigenvalue weighted by molar-refractivity contribution is 7.92. The number of carbonyl (C=O) groups is 2. The van der Waals surface area contributed by atoms with Crippen LogP contribution >= 0.6 is 11.3 Å². The molecule has 152 valence electrons. The Labute approximate surface area is 168 Å². The van der Waals surface area contributed by atoms with E-state index in [4.69, 9.17) is 0 Å². The van der Waals surface area contributed by atoms with Gasteiger partial charge >= 0.3 is 0 Å². The van der Waals surface area contributed by atoms with E-state index in [2.05, 4.69) is 25.6 Å². The summed E-state index contributed by atoms with van der Waals surface area (Å²) < 4.78 is 24.7. The number of hydrogen-bond acceptors (Lipinski definition) is 7. The highest BCUT2D eigenvalue weighted by atomic mass is 32.2. The van der Waals surface area contributed by atoms with Crippen LogP contribution in [0.2, 0.25) is 0 Å². The van der Waals surface area contributed by atoms with E-state index in [0.29, 0.717) is 12.0 Å². The quantitative estimate of drug-likeness (QED) is 0.593. The van der Waals surface area contributed by atoms with Gasteiger partial charge in [-0.25, -0.2) is 8.42 Å². The van der Waals surface area contributed by atoms with Gasteiger partial charge in [-0.3, -0.25) is 19.6 Å². The molecule has 1 unspecified atom stereocenters. The summed E-state index contributed by atoms with van der Waals surface area (Å²) in [5, 5.41) is 12.9. The monoisotopic (exact) mass is 425 g/mol. The SMILES string of the molecule is Cc1ccccc1C(=O)NC(CC(C)C)C(=O)Nc1nnc(NS(C)(=O)=O)s1. The van der Waals surface area contributed by atoms with E-state index in [9.17, 15) is 18.0 Å². The Kier molecular flexibility index (Phi) is 7.08. The maximum absolute atomic E-state index is 12.7. The van der Waals surface area contributed by atoms with Gasteiger partial charge in [0.2, 0.25) is 26.2 Å². The molecule has 0 spiro atoms. The molecular weight excluding hydrogens is 402 g/mol. The van der Waals surface area contributed by atoms with Crippen molar-refractivity contribution in [2.75, 3.05) is 16.3 Å². The predicted octanol–water partition coefficient (Wildman–Crippen LogP) is 2.00. The number of carbonyl (C=O) groups excluding carboxylic acids is 2. The third-order valence-electron chi connectivity index (χ3n) is 3.65. The van der Waals surface area contributed by atoms with Crippen molar-refractivity contribution in [1.82, 2.24) is 15.5 Å². The Morgan fingerprint density at radius 3 is 2.39 bits per heavy atom. The number of benzene rings is 1. The predicted molar refractivity (Wildman–Crippen MR) is 109 cm³/mol. The van der Waals surface area contributed by atoms with E-state index in [-0.39, 0.29) is 22.1 Å². The fraction of sp³-hybridized carbons (Fsp3) is 0.412. The number of aromatic nitrogens is 2. The van der Waals surface area contributed by atoms with Crippen molar-refractivity contribution in [2.24, 2.45) is 5.92 Å². The van der Waals surface area contributed by atoms with Crippen LogP contribution in [-0.2, 0) is 14.8 Å². The number of anilines is 2. The van der Waals surface area contributed by atoms with Gasteiger partial charge in [0.1, 0.15) is 6.04 Å². The van der Waals surface area contributed by atoms with E-state index in [1.165, 1.54) is 0 Å². The van der Waals surface area contributed by atoms with Crippen LogP contribution in [-0.4, -0.2) is 42.7 Å². The fourth-order valence-corrected chi connectivity index (χ4v) is 3.91. The maximum Gasteiger partial charge on any atom is 0.252 e. The molecule has 0 saturated heterocycles. The molecule has 0 fully saturated rings. The summed E-state index contributed by atoms with van der Waals surface area (Å²) in [5.74, 6) is -0.627. The van der Waals surface area contributed by atoms with Gasteiger partial charge in [0.25, 0.3) is 5.91 Å². The van der Waals surface area contributed by atoms with Crippen LogP contribution in [0.25, 0.3) is 0 Å².